The van der Waals surface area contributed by atoms with Crippen LogP contribution in [-0.2, 0) is 65.6 Å². The second-order valence-corrected chi connectivity index (χ2v) is 19.6. The molecule has 0 fully saturated rings. The topological polar surface area (TPSA) is 457 Å². The van der Waals surface area contributed by atoms with Crippen molar-refractivity contribution in [2.24, 2.45) is 34.8 Å². The van der Waals surface area contributed by atoms with Crippen molar-refractivity contribution in [2.75, 3.05) is 6.54 Å². The molecule has 0 aliphatic rings. The number of nitrogens with one attached hydrogen (secondary N) is 7. The summed E-state index contributed by atoms with van der Waals surface area (Å²) in [5.41, 5.74) is 23.7. The summed E-state index contributed by atoms with van der Waals surface area (Å²) < 4.78 is 0. The zero-order valence-corrected chi connectivity index (χ0v) is 43.9. The molecule has 2 aromatic carbocycles. The summed E-state index contributed by atoms with van der Waals surface area (Å²) in [6.45, 7) is 7.16. The van der Waals surface area contributed by atoms with Gasteiger partial charge in [0.25, 0.3) is 0 Å². The molecule has 0 unspecified atom stereocenters. The molecule has 0 saturated heterocycles. The molecular weight excluding hydrogens is 1010 g/mol. The molecule has 0 spiro atoms. The maximum absolute atomic E-state index is 14.4. The van der Waals surface area contributed by atoms with Crippen LogP contribution in [0.25, 0.3) is 0 Å². The third kappa shape index (κ3) is 25.5. The number of hydrogen-bond acceptors (Lipinski definition) is 15. The van der Waals surface area contributed by atoms with E-state index in [-0.39, 0.29) is 68.4 Å². The van der Waals surface area contributed by atoms with Crippen LogP contribution in [0.3, 0.4) is 0 Å². The van der Waals surface area contributed by atoms with Crippen molar-refractivity contribution in [3.05, 3.63) is 59.7 Å². The van der Waals surface area contributed by atoms with Gasteiger partial charge in [-0.15, -0.1) is 0 Å². The van der Waals surface area contributed by atoms with E-state index in [9.17, 15) is 73.2 Å². The first kappa shape index (κ1) is 65.2. The standard InChI is InChI=1S/C51H77N11O15/c1-27(2)23-38(60-44(69)33(53)25-29-8-12-31(63)13-9-29)49(74)61-39(26-30-10-14-32(64)15-11-30)50(75)59-37(18-21-43(67)68)47(72)56-34(7-5-6-22-52)45(70)57-35(16-19-41(54)65)46(71)58-36(17-20-42(55)66)48(73)62-40(51(76)77)24-28(3)4/h8-15,27-28,33-40,63-64H,5-7,16-26,52-53H2,1-4H3,(H2,54,65)(H2,55,66)(H,56,72)(H,57,70)(H,58,71)(H,59,75)(H,60,69)(H,61,74)(H,62,73)(H,67,68)(H,76,77)/t33-,34-,35-,36-,37-,38-,39-,40-/m0/s1. The second-order valence-electron chi connectivity index (χ2n) is 19.6. The van der Waals surface area contributed by atoms with Gasteiger partial charge in [0.2, 0.25) is 53.2 Å². The minimum Gasteiger partial charge on any atom is -0.508 e. The largest absolute Gasteiger partial charge is 0.508 e. The van der Waals surface area contributed by atoms with Gasteiger partial charge in [-0.3, -0.25) is 47.9 Å². The Kier molecular flexibility index (Phi) is 28.2. The van der Waals surface area contributed by atoms with E-state index < -0.39 is 152 Å². The summed E-state index contributed by atoms with van der Waals surface area (Å²) in [4.78, 5) is 145. The molecule has 0 radical (unpaired) electrons. The molecule has 426 valence electrons. The van der Waals surface area contributed by atoms with Crippen LogP contribution in [0.5, 0.6) is 11.5 Å². The first-order valence-corrected chi connectivity index (χ1v) is 25.3. The number of primary amides is 2. The van der Waals surface area contributed by atoms with E-state index >= 15 is 0 Å². The van der Waals surface area contributed by atoms with Crippen LogP contribution in [0.1, 0.15) is 109 Å². The number of rotatable bonds is 36. The van der Waals surface area contributed by atoms with Crippen molar-refractivity contribution in [1.29, 1.82) is 0 Å². The minimum atomic E-state index is -1.70. The first-order chi connectivity index (χ1) is 36.2. The monoisotopic (exact) mass is 1080 g/mol. The summed E-state index contributed by atoms with van der Waals surface area (Å²) in [5.74, 6) is -11.7. The van der Waals surface area contributed by atoms with Crippen LogP contribution in [0.15, 0.2) is 48.5 Å². The molecule has 0 aromatic heterocycles. The Morgan fingerprint density at radius 2 is 0.779 bits per heavy atom. The highest BCUT2D eigenvalue weighted by Gasteiger charge is 2.35. The van der Waals surface area contributed by atoms with E-state index in [2.05, 4.69) is 37.2 Å². The molecule has 8 atom stereocenters. The van der Waals surface area contributed by atoms with Gasteiger partial charge in [0, 0.05) is 25.7 Å². The van der Waals surface area contributed by atoms with Crippen LogP contribution in [0.2, 0.25) is 0 Å². The second kappa shape index (κ2) is 33.2. The van der Waals surface area contributed by atoms with Gasteiger partial charge in [0.1, 0.15) is 53.8 Å². The molecule has 26 heteroatoms. The van der Waals surface area contributed by atoms with Crippen molar-refractivity contribution < 1.29 is 73.2 Å². The summed E-state index contributed by atoms with van der Waals surface area (Å²) in [7, 11) is 0. The van der Waals surface area contributed by atoms with Crippen LogP contribution < -0.4 is 60.2 Å². The van der Waals surface area contributed by atoms with E-state index in [1.54, 1.807) is 39.8 Å². The number of carboxylic acid groups (broad SMARTS) is 2. The maximum atomic E-state index is 14.4. The molecule has 2 rings (SSSR count). The Labute approximate surface area is 446 Å². The average molecular weight is 1080 g/mol. The number of nitrogens with two attached hydrogens (primary N) is 4. The highest BCUT2D eigenvalue weighted by molar-refractivity contribution is 5.98. The molecule has 0 aliphatic carbocycles. The van der Waals surface area contributed by atoms with Crippen LogP contribution in [-0.4, -0.2) is 140 Å². The quantitative estimate of drug-likeness (QED) is 0.0338. The number of carboxylic acids is 2. The third-order valence-electron chi connectivity index (χ3n) is 11.9. The number of benzene rings is 2. The lowest BCUT2D eigenvalue weighted by Crippen LogP contribution is -2.60. The fourth-order valence-corrected chi connectivity index (χ4v) is 7.77. The number of aromatic hydroxyl groups is 2. The SMILES string of the molecule is CC(C)C[C@H](NC(=O)[C@H](CCC(N)=O)NC(=O)[C@H](CCC(N)=O)NC(=O)[C@H](CCCCN)NC(=O)[C@H](CCC(=O)O)NC(=O)[C@H](Cc1ccc(O)cc1)NC(=O)[C@H](CC(C)C)NC(=O)[C@@H](N)Cc1ccc(O)cc1)C(=O)O. The number of phenolic OH excluding ortho intramolecular Hbond substituents is 2. The van der Waals surface area contributed by atoms with Crippen molar-refractivity contribution in [2.45, 2.75) is 160 Å². The van der Waals surface area contributed by atoms with Crippen LogP contribution in [0.4, 0.5) is 0 Å². The molecule has 2 aromatic rings. The average Bonchev–Trinajstić information content (AvgIpc) is 3.34. The smallest absolute Gasteiger partial charge is 0.326 e. The van der Waals surface area contributed by atoms with Crippen molar-refractivity contribution in [3.63, 3.8) is 0 Å². The van der Waals surface area contributed by atoms with Crippen molar-refractivity contribution in [3.8, 4) is 11.5 Å². The van der Waals surface area contributed by atoms with Gasteiger partial charge in [-0.05, 0) is 112 Å². The molecule has 26 nitrogen and oxygen atoms in total. The van der Waals surface area contributed by atoms with Crippen molar-refractivity contribution >= 4 is 65.1 Å². The van der Waals surface area contributed by atoms with Gasteiger partial charge in [-0.1, -0.05) is 52.0 Å². The minimum absolute atomic E-state index is 0.00482. The zero-order valence-electron chi connectivity index (χ0n) is 43.9. The molecule has 19 N–H and O–H groups in total. The lowest BCUT2D eigenvalue weighted by Gasteiger charge is -2.28. The third-order valence-corrected chi connectivity index (χ3v) is 11.9. The molecule has 0 bridgehead atoms. The van der Waals surface area contributed by atoms with Crippen LogP contribution in [0, 0.1) is 11.8 Å². The van der Waals surface area contributed by atoms with Crippen LogP contribution >= 0.6 is 0 Å². The van der Waals surface area contributed by atoms with E-state index in [1.165, 1.54) is 36.4 Å². The molecule has 0 saturated carbocycles. The van der Waals surface area contributed by atoms with E-state index in [0.717, 1.165) is 0 Å². The highest BCUT2D eigenvalue weighted by atomic mass is 16.4. The van der Waals surface area contributed by atoms with Gasteiger partial charge in [0.15, 0.2) is 0 Å². The summed E-state index contributed by atoms with van der Waals surface area (Å²) in [6.07, 6.45) is -2.74. The molecule has 9 amide bonds. The number of carbonyl (C=O) groups is 11. The van der Waals surface area contributed by atoms with Gasteiger partial charge < -0.3 is 80.6 Å². The van der Waals surface area contributed by atoms with Gasteiger partial charge in [-0.2, -0.15) is 0 Å². The van der Waals surface area contributed by atoms with E-state index in [1.807, 2.05) is 0 Å². The van der Waals surface area contributed by atoms with E-state index in [0.29, 0.717) is 17.5 Å². The normalized spacial score (nSPS) is 14.2. The molecule has 0 aliphatic heterocycles. The number of hydrogen-bond donors (Lipinski definition) is 15. The van der Waals surface area contributed by atoms with Crippen molar-refractivity contribution in [1.82, 2.24) is 37.2 Å². The fourth-order valence-electron chi connectivity index (χ4n) is 7.77. The number of aliphatic carboxylic acids is 2. The lowest BCUT2D eigenvalue weighted by molar-refractivity contribution is -0.143. The van der Waals surface area contributed by atoms with Gasteiger partial charge >= 0.3 is 11.9 Å². The fraction of sp³-hybridized carbons (Fsp3) is 0.549. The predicted octanol–water partition coefficient (Wildman–Crippen LogP) is -1.69. The van der Waals surface area contributed by atoms with Gasteiger partial charge in [0.05, 0.1) is 6.04 Å². The molecular formula is C51H77N11O15. The zero-order chi connectivity index (χ0) is 57.9. The Hall–Kier alpha value is -7.87. The number of phenols is 2. The van der Waals surface area contributed by atoms with Gasteiger partial charge in [-0.25, -0.2) is 4.79 Å². The highest BCUT2D eigenvalue weighted by Crippen LogP contribution is 2.16. The predicted molar refractivity (Wildman–Crippen MR) is 278 cm³/mol. The Balaban J connectivity index is 2.51. The van der Waals surface area contributed by atoms with E-state index in [4.69, 9.17) is 22.9 Å². The number of carbonyl (C=O) groups excluding carboxylic acids is 9. The Morgan fingerprint density at radius 3 is 1.17 bits per heavy atom. The molecule has 77 heavy (non-hydrogen) atoms. The summed E-state index contributed by atoms with van der Waals surface area (Å²) in [6, 6.07) is -0.135. The number of unbranched alkanes of at least 4 members (excludes halogenated alkanes) is 1. The Bertz CT molecular complexity index is 2330. The maximum Gasteiger partial charge on any atom is 0.326 e. The summed E-state index contributed by atoms with van der Waals surface area (Å²) in [5, 5.41) is 56.4. The Morgan fingerprint density at radius 1 is 0.442 bits per heavy atom. The number of amides is 9. The first-order valence-electron chi connectivity index (χ1n) is 25.3. The lowest BCUT2D eigenvalue weighted by atomic mass is 9.99. The molecule has 0 heterocycles. The summed E-state index contributed by atoms with van der Waals surface area (Å²) >= 11 is 0.